The molecule has 3 heterocycles. The van der Waals surface area contributed by atoms with Crippen LogP contribution in [0.3, 0.4) is 0 Å². The van der Waals surface area contributed by atoms with Gasteiger partial charge in [-0.3, -0.25) is 9.32 Å². The molecule has 0 bridgehead atoms. The lowest BCUT2D eigenvalue weighted by atomic mass is 9.92. The monoisotopic (exact) mass is 527 g/mol. The zero-order chi connectivity index (χ0) is 26.5. The van der Waals surface area contributed by atoms with Crippen molar-refractivity contribution < 1.29 is 51.8 Å². The molecule has 1 aliphatic rings. The fourth-order valence-corrected chi connectivity index (χ4v) is 3.98. The Morgan fingerprint density at radius 2 is 2.00 bits per heavy atom. The van der Waals surface area contributed by atoms with Gasteiger partial charge in [0.1, 0.15) is 42.1 Å². The van der Waals surface area contributed by atoms with Gasteiger partial charge in [0.2, 0.25) is 13.6 Å². The molecular weight excluding hydrogens is 505 g/mol. The number of fused-ring (bicyclic) bond motifs is 1. The molecule has 0 aliphatic carbocycles. The standard InChI is InChI=1S/C19H22N5O11P/c1-11-14(6-32-36(28,33-9-30-12(2)25)34-10-31-18(27)29-3)35-19(7-20,16(11)26)15-5-4-13-17(21)22-8-23-24(13)15/h4-5,8,16,26H,6,9-10H2,1-3H3,(H2,21,22,23)/t16-,19+,36?/m1/s1. The van der Waals surface area contributed by atoms with E-state index in [1.165, 1.54) is 23.8 Å². The van der Waals surface area contributed by atoms with Crippen LogP contribution in [0.4, 0.5) is 10.6 Å². The van der Waals surface area contributed by atoms with E-state index in [0.29, 0.717) is 5.52 Å². The topological polar surface area (TPSA) is 216 Å². The summed E-state index contributed by atoms with van der Waals surface area (Å²) in [6, 6.07) is 4.99. The number of nitrogen functional groups attached to an aromatic ring is 1. The van der Waals surface area contributed by atoms with Gasteiger partial charge in [0.15, 0.2) is 5.82 Å². The van der Waals surface area contributed by atoms with Gasteiger partial charge >= 0.3 is 19.9 Å². The summed E-state index contributed by atoms with van der Waals surface area (Å²) in [5.41, 5.74) is 4.58. The molecule has 17 heteroatoms. The van der Waals surface area contributed by atoms with Crippen LogP contribution in [-0.4, -0.2) is 65.2 Å². The summed E-state index contributed by atoms with van der Waals surface area (Å²) in [5, 5.41) is 25.0. The van der Waals surface area contributed by atoms with E-state index in [0.717, 1.165) is 14.0 Å². The summed E-state index contributed by atoms with van der Waals surface area (Å²) in [7, 11) is -3.48. The molecule has 0 saturated heterocycles. The Kier molecular flexibility index (Phi) is 8.13. The van der Waals surface area contributed by atoms with E-state index in [2.05, 4.69) is 24.3 Å². The fraction of sp³-hybridized carbons (Fsp3) is 0.421. The van der Waals surface area contributed by atoms with Crippen molar-refractivity contribution in [3.05, 3.63) is 35.5 Å². The molecule has 16 nitrogen and oxygen atoms in total. The average molecular weight is 527 g/mol. The van der Waals surface area contributed by atoms with Crippen LogP contribution in [0.25, 0.3) is 5.52 Å². The Bertz CT molecular complexity index is 1270. The second kappa shape index (κ2) is 10.9. The molecule has 3 rings (SSSR count). The summed E-state index contributed by atoms with van der Waals surface area (Å²) in [6.07, 6.45) is -1.45. The summed E-state index contributed by atoms with van der Waals surface area (Å²) < 4.78 is 48.4. The first kappa shape index (κ1) is 26.9. The Morgan fingerprint density at radius 3 is 2.64 bits per heavy atom. The molecule has 36 heavy (non-hydrogen) atoms. The maximum Gasteiger partial charge on any atom is 0.510 e. The molecule has 0 fully saturated rings. The Morgan fingerprint density at radius 1 is 1.31 bits per heavy atom. The lowest BCUT2D eigenvalue weighted by Crippen LogP contribution is -2.38. The number of ether oxygens (including phenoxy) is 4. The number of aliphatic hydroxyl groups excluding tert-OH is 1. The van der Waals surface area contributed by atoms with E-state index in [1.54, 1.807) is 6.07 Å². The third-order valence-corrected chi connectivity index (χ3v) is 6.22. The van der Waals surface area contributed by atoms with Crippen molar-refractivity contribution in [3.8, 4) is 6.07 Å². The number of esters is 1. The molecule has 0 spiro atoms. The van der Waals surface area contributed by atoms with Gasteiger partial charge in [-0.25, -0.2) is 27.9 Å². The van der Waals surface area contributed by atoms with Gasteiger partial charge in [-0.2, -0.15) is 10.4 Å². The van der Waals surface area contributed by atoms with E-state index in [4.69, 9.17) is 24.0 Å². The fourth-order valence-electron chi connectivity index (χ4n) is 3.12. The molecule has 3 N–H and O–H groups in total. The number of nitrogens with zero attached hydrogens (tertiary/aromatic N) is 4. The summed E-state index contributed by atoms with van der Waals surface area (Å²) in [6.45, 7) is 0.218. The van der Waals surface area contributed by atoms with Crippen molar-refractivity contribution in [1.29, 1.82) is 5.26 Å². The zero-order valence-electron chi connectivity index (χ0n) is 19.3. The van der Waals surface area contributed by atoms with Gasteiger partial charge in [-0.05, 0) is 19.1 Å². The predicted octanol–water partition coefficient (Wildman–Crippen LogP) is 1.11. The number of carbonyl (C=O) groups is 2. The lowest BCUT2D eigenvalue weighted by Gasteiger charge is -2.25. The minimum absolute atomic E-state index is 0.0742. The van der Waals surface area contributed by atoms with Gasteiger partial charge in [-0.15, -0.1) is 0 Å². The third-order valence-electron chi connectivity index (χ3n) is 4.93. The van der Waals surface area contributed by atoms with Gasteiger partial charge in [-0.1, -0.05) is 0 Å². The minimum atomic E-state index is -4.53. The van der Waals surface area contributed by atoms with E-state index < -0.39 is 51.8 Å². The van der Waals surface area contributed by atoms with Crippen molar-refractivity contribution in [2.24, 2.45) is 0 Å². The number of hydrogen-bond acceptors (Lipinski definition) is 15. The average Bonchev–Trinajstić information content (AvgIpc) is 3.38. The van der Waals surface area contributed by atoms with Crippen LogP contribution in [0.1, 0.15) is 19.5 Å². The third kappa shape index (κ3) is 5.40. The Labute approximate surface area is 203 Å². The van der Waals surface area contributed by atoms with Gasteiger partial charge < -0.3 is 29.8 Å². The molecule has 3 atom stereocenters. The van der Waals surface area contributed by atoms with E-state index >= 15 is 0 Å². The number of hydrogen-bond donors (Lipinski definition) is 2. The highest BCUT2D eigenvalue weighted by molar-refractivity contribution is 7.48. The Hall–Kier alpha value is -3.74. The van der Waals surface area contributed by atoms with Crippen molar-refractivity contribution in [1.82, 2.24) is 14.6 Å². The molecule has 0 amide bonds. The number of rotatable bonds is 10. The van der Waals surface area contributed by atoms with Gasteiger partial charge in [0.05, 0.1) is 7.11 Å². The second-order valence-electron chi connectivity index (χ2n) is 7.07. The predicted molar refractivity (Wildman–Crippen MR) is 115 cm³/mol. The van der Waals surface area contributed by atoms with Crippen LogP contribution in [0.15, 0.2) is 29.8 Å². The van der Waals surface area contributed by atoms with Crippen LogP contribution in [0.2, 0.25) is 0 Å². The molecule has 0 saturated carbocycles. The van der Waals surface area contributed by atoms with Crippen LogP contribution in [0.5, 0.6) is 0 Å². The minimum Gasteiger partial charge on any atom is -0.465 e. The number of phosphoric acid groups is 1. The first-order valence-electron chi connectivity index (χ1n) is 10.0. The molecule has 2 aromatic heterocycles. The van der Waals surface area contributed by atoms with Crippen molar-refractivity contribution >= 4 is 31.3 Å². The van der Waals surface area contributed by atoms with Crippen molar-refractivity contribution in [3.63, 3.8) is 0 Å². The number of aromatic nitrogens is 3. The first-order chi connectivity index (χ1) is 17.1. The molecule has 1 aliphatic heterocycles. The molecule has 194 valence electrons. The molecule has 2 aromatic rings. The van der Waals surface area contributed by atoms with Crippen LogP contribution >= 0.6 is 7.82 Å². The van der Waals surface area contributed by atoms with Crippen molar-refractivity contribution in [2.45, 2.75) is 25.6 Å². The van der Waals surface area contributed by atoms with Crippen LogP contribution in [-0.2, 0) is 47.5 Å². The largest absolute Gasteiger partial charge is 0.510 e. The summed E-state index contributed by atoms with van der Waals surface area (Å²) in [5.74, 6) is -0.673. The second-order valence-corrected chi connectivity index (χ2v) is 8.74. The summed E-state index contributed by atoms with van der Waals surface area (Å²) >= 11 is 0. The SMILES string of the molecule is COC(=O)OCOP(=O)(OCOC(C)=O)OCC1=C(C)[C@@H](O)[C@](C#N)(c2ccc3c(N)ncnn23)O1. The van der Waals surface area contributed by atoms with E-state index in [-0.39, 0.29) is 22.8 Å². The number of nitrogens with two attached hydrogens (primary N) is 1. The van der Waals surface area contributed by atoms with E-state index in [9.17, 15) is 24.5 Å². The van der Waals surface area contributed by atoms with E-state index in [1.807, 2.05) is 6.07 Å². The van der Waals surface area contributed by atoms with Crippen LogP contribution in [0, 0.1) is 11.3 Å². The maximum atomic E-state index is 13.0. The first-order valence-corrected chi connectivity index (χ1v) is 11.5. The lowest BCUT2D eigenvalue weighted by molar-refractivity contribution is -0.148. The van der Waals surface area contributed by atoms with Crippen molar-refractivity contribution in [2.75, 3.05) is 33.0 Å². The number of phosphoric ester groups is 1. The normalized spacial score (nSPS) is 20.9. The highest BCUT2D eigenvalue weighted by Gasteiger charge is 2.52. The quantitative estimate of drug-likeness (QED) is 0.251. The maximum absolute atomic E-state index is 13.0. The molecule has 0 aromatic carbocycles. The number of anilines is 1. The molecule has 1 unspecified atom stereocenters. The number of carbonyl (C=O) groups excluding carboxylic acids is 2. The summed E-state index contributed by atoms with van der Waals surface area (Å²) in [4.78, 5) is 26.0. The zero-order valence-corrected chi connectivity index (χ0v) is 20.2. The number of nitriles is 1. The van der Waals surface area contributed by atoms with Crippen LogP contribution < -0.4 is 5.73 Å². The smallest absolute Gasteiger partial charge is 0.465 e. The highest BCUT2D eigenvalue weighted by Crippen LogP contribution is 2.51. The van der Waals surface area contributed by atoms with Gasteiger partial charge in [0.25, 0.3) is 5.60 Å². The number of methoxy groups -OCH3 is 1. The molecular formula is C19H22N5O11P. The molecule has 0 radical (unpaired) electrons. The number of aliphatic hydroxyl groups is 1. The highest BCUT2D eigenvalue weighted by atomic mass is 31.2. The van der Waals surface area contributed by atoms with Gasteiger partial charge in [0, 0.05) is 12.5 Å². The Balaban J connectivity index is 1.80.